The summed E-state index contributed by atoms with van der Waals surface area (Å²) >= 11 is 0. The summed E-state index contributed by atoms with van der Waals surface area (Å²) in [6, 6.07) is 5.67. The number of nitrogens with one attached hydrogen (secondary N) is 1. The normalized spacial score (nSPS) is 11.0. The van der Waals surface area contributed by atoms with Gasteiger partial charge in [0.1, 0.15) is 5.82 Å². The predicted molar refractivity (Wildman–Crippen MR) is 90.6 cm³/mol. The van der Waals surface area contributed by atoms with Gasteiger partial charge in [0.05, 0.1) is 22.5 Å². The van der Waals surface area contributed by atoms with Crippen molar-refractivity contribution >= 4 is 28.4 Å². The summed E-state index contributed by atoms with van der Waals surface area (Å²) in [5.41, 5.74) is 1.56. The first-order valence-electron chi connectivity index (χ1n) is 7.74. The molecule has 0 atom stereocenters. The van der Waals surface area contributed by atoms with E-state index in [4.69, 9.17) is 5.11 Å². The molecule has 3 aromatic rings. The van der Waals surface area contributed by atoms with Crippen LogP contribution in [0.2, 0.25) is 0 Å². The van der Waals surface area contributed by atoms with E-state index in [1.54, 1.807) is 17.7 Å². The van der Waals surface area contributed by atoms with Crippen LogP contribution in [0.25, 0.3) is 10.9 Å². The molecule has 0 spiro atoms. The minimum atomic E-state index is -1.09. The number of hydrogen-bond donors (Lipinski definition) is 3. The molecular weight excluding hydrogens is 327 g/mol. The molecule has 0 unspecified atom stereocenters. The van der Waals surface area contributed by atoms with Crippen LogP contribution in [0.1, 0.15) is 22.5 Å². The zero-order chi connectivity index (χ0) is 18.0. The number of aliphatic hydroxyl groups is 1. The number of anilines is 2. The van der Waals surface area contributed by atoms with Gasteiger partial charge in [-0.05, 0) is 37.6 Å². The van der Waals surface area contributed by atoms with Crippen LogP contribution in [0.15, 0.2) is 30.5 Å². The molecule has 0 aliphatic carbocycles. The number of pyridine rings is 1. The average molecular weight is 344 g/mol. The molecule has 25 heavy (non-hydrogen) atoms. The average Bonchev–Trinajstić information content (AvgIpc) is 2.91. The van der Waals surface area contributed by atoms with E-state index in [1.807, 2.05) is 0 Å². The number of benzene rings is 1. The van der Waals surface area contributed by atoms with Crippen LogP contribution in [-0.2, 0) is 6.54 Å². The number of rotatable bonds is 6. The number of hydrogen-bond acceptors (Lipinski definition) is 5. The number of aliphatic hydroxyl groups excluding tert-OH is 1. The number of carbonyl (C=O) groups is 1. The molecule has 2 aromatic heterocycles. The molecule has 0 fully saturated rings. The van der Waals surface area contributed by atoms with E-state index >= 15 is 0 Å². The van der Waals surface area contributed by atoms with Gasteiger partial charge in [-0.15, -0.1) is 0 Å². The summed E-state index contributed by atoms with van der Waals surface area (Å²) in [6.45, 7) is 2.15. The van der Waals surface area contributed by atoms with Gasteiger partial charge in [-0.3, -0.25) is 9.67 Å². The number of aromatic carboxylic acids is 1. The Labute approximate surface area is 142 Å². The molecule has 0 amide bonds. The molecule has 7 nitrogen and oxygen atoms in total. The summed E-state index contributed by atoms with van der Waals surface area (Å²) in [4.78, 5) is 15.6. The third-order valence-corrected chi connectivity index (χ3v) is 3.85. The highest BCUT2D eigenvalue weighted by molar-refractivity contribution is 5.98. The van der Waals surface area contributed by atoms with Gasteiger partial charge < -0.3 is 15.5 Å². The second-order valence-electron chi connectivity index (χ2n) is 5.56. The zero-order valence-electron chi connectivity index (χ0n) is 13.5. The van der Waals surface area contributed by atoms with Crippen LogP contribution < -0.4 is 5.32 Å². The van der Waals surface area contributed by atoms with Gasteiger partial charge >= 0.3 is 5.97 Å². The van der Waals surface area contributed by atoms with Crippen LogP contribution in [-0.4, -0.2) is 37.6 Å². The Morgan fingerprint density at radius 1 is 1.36 bits per heavy atom. The van der Waals surface area contributed by atoms with Crippen molar-refractivity contribution in [2.75, 3.05) is 11.9 Å². The lowest BCUT2D eigenvalue weighted by molar-refractivity contribution is 0.0697. The van der Waals surface area contributed by atoms with Crippen LogP contribution in [0, 0.1) is 12.7 Å². The fourth-order valence-electron chi connectivity index (χ4n) is 2.66. The SMILES string of the molecule is Cc1nccc(C(=O)O)c1Nc1nn(CCCO)c2ccc(F)cc12. The molecule has 0 aliphatic heterocycles. The number of fused-ring (bicyclic) bond motifs is 1. The van der Waals surface area contributed by atoms with Crippen LogP contribution >= 0.6 is 0 Å². The van der Waals surface area contributed by atoms with Crippen molar-refractivity contribution in [3.05, 3.63) is 47.5 Å². The largest absolute Gasteiger partial charge is 0.478 e. The maximum atomic E-state index is 13.7. The second kappa shape index (κ2) is 6.86. The number of halogens is 1. The number of carboxylic acid groups (broad SMARTS) is 1. The van der Waals surface area contributed by atoms with Crippen LogP contribution in [0.5, 0.6) is 0 Å². The smallest absolute Gasteiger partial charge is 0.337 e. The van der Waals surface area contributed by atoms with Crippen molar-refractivity contribution in [3.8, 4) is 0 Å². The Morgan fingerprint density at radius 3 is 2.88 bits per heavy atom. The summed E-state index contributed by atoms with van der Waals surface area (Å²) < 4.78 is 15.3. The van der Waals surface area contributed by atoms with Gasteiger partial charge in [0.2, 0.25) is 0 Å². The Hall–Kier alpha value is -3.00. The third-order valence-electron chi connectivity index (χ3n) is 3.85. The number of aromatic nitrogens is 3. The molecule has 0 radical (unpaired) electrons. The van der Waals surface area contributed by atoms with E-state index in [-0.39, 0.29) is 12.2 Å². The van der Waals surface area contributed by atoms with E-state index in [0.717, 1.165) is 0 Å². The Bertz CT molecular complexity index is 939. The van der Waals surface area contributed by atoms with Gasteiger partial charge in [-0.2, -0.15) is 5.10 Å². The van der Waals surface area contributed by atoms with E-state index in [0.29, 0.717) is 41.1 Å². The minimum absolute atomic E-state index is 0.0101. The molecule has 3 N–H and O–H groups in total. The number of nitrogens with zero attached hydrogens (tertiary/aromatic N) is 3. The van der Waals surface area contributed by atoms with Crippen LogP contribution in [0.4, 0.5) is 15.9 Å². The highest BCUT2D eigenvalue weighted by Gasteiger charge is 2.17. The van der Waals surface area contributed by atoms with Gasteiger partial charge in [0.25, 0.3) is 0 Å². The standard InChI is InChI=1S/C17H17FN4O3/c1-10-15(12(17(24)25)5-6-19-10)20-16-13-9-11(18)3-4-14(13)22(21-16)7-2-8-23/h3-6,9,23H,2,7-8H2,1H3,(H,20,21)(H,24,25). The Balaban J connectivity index is 2.11. The molecule has 1 aromatic carbocycles. The summed E-state index contributed by atoms with van der Waals surface area (Å²) in [5, 5.41) is 26.3. The molecule has 0 saturated carbocycles. The lowest BCUT2D eigenvalue weighted by Crippen LogP contribution is -2.07. The van der Waals surface area contributed by atoms with E-state index in [9.17, 15) is 14.3 Å². The highest BCUT2D eigenvalue weighted by atomic mass is 19.1. The van der Waals surface area contributed by atoms with Crippen molar-refractivity contribution in [3.63, 3.8) is 0 Å². The van der Waals surface area contributed by atoms with Gasteiger partial charge in [-0.1, -0.05) is 0 Å². The van der Waals surface area contributed by atoms with Gasteiger partial charge in [0.15, 0.2) is 5.82 Å². The van der Waals surface area contributed by atoms with Crippen molar-refractivity contribution in [2.24, 2.45) is 0 Å². The number of carboxylic acids is 1. The molecule has 130 valence electrons. The van der Waals surface area contributed by atoms with E-state index in [1.165, 1.54) is 24.4 Å². The maximum Gasteiger partial charge on any atom is 0.337 e. The lowest BCUT2D eigenvalue weighted by Gasteiger charge is -2.10. The van der Waals surface area contributed by atoms with E-state index < -0.39 is 11.8 Å². The number of aryl methyl sites for hydroxylation is 2. The van der Waals surface area contributed by atoms with Crippen LogP contribution in [0.3, 0.4) is 0 Å². The van der Waals surface area contributed by atoms with E-state index in [2.05, 4.69) is 15.4 Å². The first kappa shape index (κ1) is 16.8. The monoisotopic (exact) mass is 344 g/mol. The molecule has 0 saturated heterocycles. The van der Waals surface area contributed by atoms with Gasteiger partial charge in [-0.25, -0.2) is 9.18 Å². The first-order chi connectivity index (χ1) is 12.0. The maximum absolute atomic E-state index is 13.7. The van der Waals surface area contributed by atoms with Crippen molar-refractivity contribution in [2.45, 2.75) is 19.9 Å². The third kappa shape index (κ3) is 3.29. The molecule has 8 heteroatoms. The molecule has 2 heterocycles. The Kier molecular flexibility index (Phi) is 4.62. The zero-order valence-corrected chi connectivity index (χ0v) is 13.5. The highest BCUT2D eigenvalue weighted by Crippen LogP contribution is 2.29. The molecular formula is C17H17FN4O3. The quantitative estimate of drug-likeness (QED) is 0.636. The predicted octanol–water partition coefficient (Wildman–Crippen LogP) is 2.70. The topological polar surface area (TPSA) is 100 Å². The summed E-state index contributed by atoms with van der Waals surface area (Å²) in [6.07, 6.45) is 1.92. The minimum Gasteiger partial charge on any atom is -0.478 e. The first-order valence-corrected chi connectivity index (χ1v) is 7.74. The molecule has 3 rings (SSSR count). The fraction of sp³-hybridized carbons (Fsp3) is 0.235. The van der Waals surface area contributed by atoms with Crippen molar-refractivity contribution in [1.82, 2.24) is 14.8 Å². The molecule has 0 aliphatic rings. The summed E-state index contributed by atoms with van der Waals surface area (Å²) in [7, 11) is 0. The Morgan fingerprint density at radius 2 is 2.16 bits per heavy atom. The van der Waals surface area contributed by atoms with Crippen molar-refractivity contribution in [1.29, 1.82) is 0 Å². The van der Waals surface area contributed by atoms with Gasteiger partial charge in [0, 0.05) is 24.7 Å². The fourth-order valence-corrected chi connectivity index (χ4v) is 2.66. The van der Waals surface area contributed by atoms with Crippen molar-refractivity contribution < 1.29 is 19.4 Å². The lowest BCUT2D eigenvalue weighted by atomic mass is 10.1. The summed E-state index contributed by atoms with van der Waals surface area (Å²) in [5.74, 6) is -1.17. The molecule has 0 bridgehead atoms. The second-order valence-corrected chi connectivity index (χ2v) is 5.56.